The van der Waals surface area contributed by atoms with Gasteiger partial charge in [-0.05, 0) is 78.3 Å². The van der Waals surface area contributed by atoms with Crippen LogP contribution in [0.3, 0.4) is 0 Å². The number of likely N-dealkylation sites (tertiary alicyclic amines) is 1. The van der Waals surface area contributed by atoms with Crippen molar-refractivity contribution in [3.63, 3.8) is 0 Å². The van der Waals surface area contributed by atoms with Crippen molar-refractivity contribution in [1.82, 2.24) is 30.4 Å². The smallest absolute Gasteiger partial charge is 0.251 e. The summed E-state index contributed by atoms with van der Waals surface area (Å²) in [7, 11) is 1.66. The Bertz CT molecular complexity index is 919. The topological polar surface area (TPSA) is 85.2 Å². The fraction of sp³-hybridized carbons (Fsp3) is 0.333. The SMILES string of the molecule is COc1ccc([C@H](CNC(=O)c2ccc(-n3cnnn3)cc2)N2CCCC2)cc1. The van der Waals surface area contributed by atoms with Gasteiger partial charge in [-0.2, -0.15) is 0 Å². The maximum Gasteiger partial charge on any atom is 0.251 e. The van der Waals surface area contributed by atoms with E-state index in [0.29, 0.717) is 12.1 Å². The van der Waals surface area contributed by atoms with Gasteiger partial charge in [-0.3, -0.25) is 9.69 Å². The molecule has 3 aromatic rings. The summed E-state index contributed by atoms with van der Waals surface area (Å²) in [6, 6.07) is 15.5. The molecule has 2 aromatic carbocycles. The summed E-state index contributed by atoms with van der Waals surface area (Å²) in [6.45, 7) is 2.65. The van der Waals surface area contributed by atoms with Crippen LogP contribution in [0.4, 0.5) is 0 Å². The Morgan fingerprint density at radius 1 is 1.10 bits per heavy atom. The summed E-state index contributed by atoms with van der Waals surface area (Å²) in [6.07, 6.45) is 3.91. The fourth-order valence-corrected chi connectivity index (χ4v) is 3.67. The molecule has 29 heavy (non-hydrogen) atoms. The van der Waals surface area contributed by atoms with Crippen molar-refractivity contribution in [2.75, 3.05) is 26.7 Å². The number of amides is 1. The van der Waals surface area contributed by atoms with Crippen LogP contribution in [0.1, 0.15) is 34.8 Å². The number of carbonyl (C=O) groups is 1. The molecule has 4 rings (SSSR count). The Hall–Kier alpha value is -3.26. The normalized spacial score (nSPS) is 15.2. The lowest BCUT2D eigenvalue weighted by atomic mass is 10.0. The van der Waals surface area contributed by atoms with Crippen LogP contribution in [-0.4, -0.2) is 57.8 Å². The van der Waals surface area contributed by atoms with Gasteiger partial charge in [0.15, 0.2) is 0 Å². The molecule has 0 aliphatic carbocycles. The van der Waals surface area contributed by atoms with Crippen molar-refractivity contribution in [1.29, 1.82) is 0 Å². The second kappa shape index (κ2) is 8.83. The van der Waals surface area contributed by atoms with E-state index in [1.165, 1.54) is 24.7 Å². The number of nitrogens with one attached hydrogen (secondary N) is 1. The molecule has 8 nitrogen and oxygen atoms in total. The highest BCUT2D eigenvalue weighted by Gasteiger charge is 2.24. The number of aromatic nitrogens is 4. The molecule has 1 aromatic heterocycles. The van der Waals surface area contributed by atoms with Crippen LogP contribution in [-0.2, 0) is 0 Å². The van der Waals surface area contributed by atoms with Gasteiger partial charge in [0, 0.05) is 12.1 Å². The van der Waals surface area contributed by atoms with Gasteiger partial charge in [-0.15, -0.1) is 5.10 Å². The summed E-state index contributed by atoms with van der Waals surface area (Å²) in [5, 5.41) is 14.2. The first-order valence-electron chi connectivity index (χ1n) is 9.74. The third kappa shape index (κ3) is 4.43. The summed E-state index contributed by atoms with van der Waals surface area (Å²) < 4.78 is 6.82. The van der Waals surface area contributed by atoms with Crippen molar-refractivity contribution in [3.8, 4) is 11.4 Å². The molecule has 8 heteroatoms. The average Bonchev–Trinajstić information content (AvgIpc) is 3.49. The first-order valence-corrected chi connectivity index (χ1v) is 9.74. The zero-order valence-electron chi connectivity index (χ0n) is 16.4. The summed E-state index contributed by atoms with van der Waals surface area (Å²) in [5.74, 6) is 0.742. The van der Waals surface area contributed by atoms with Crippen LogP contribution >= 0.6 is 0 Å². The number of methoxy groups -OCH3 is 1. The lowest BCUT2D eigenvalue weighted by Crippen LogP contribution is -2.36. The monoisotopic (exact) mass is 392 g/mol. The van der Waals surface area contributed by atoms with E-state index in [4.69, 9.17) is 4.74 Å². The van der Waals surface area contributed by atoms with Gasteiger partial charge < -0.3 is 10.1 Å². The predicted molar refractivity (Wildman–Crippen MR) is 108 cm³/mol. The van der Waals surface area contributed by atoms with Crippen LogP contribution < -0.4 is 10.1 Å². The van der Waals surface area contributed by atoms with E-state index >= 15 is 0 Å². The molecule has 1 N–H and O–H groups in total. The molecular formula is C21H24N6O2. The van der Waals surface area contributed by atoms with E-state index < -0.39 is 0 Å². The third-order valence-corrected chi connectivity index (χ3v) is 5.28. The number of carbonyl (C=O) groups excluding carboxylic acids is 1. The third-order valence-electron chi connectivity index (χ3n) is 5.28. The molecule has 1 aliphatic rings. The average molecular weight is 392 g/mol. The fourth-order valence-electron chi connectivity index (χ4n) is 3.67. The zero-order chi connectivity index (χ0) is 20.1. The molecule has 0 bridgehead atoms. The zero-order valence-corrected chi connectivity index (χ0v) is 16.4. The highest BCUT2D eigenvalue weighted by atomic mass is 16.5. The Kier molecular flexibility index (Phi) is 5.81. The minimum atomic E-state index is -0.0917. The van der Waals surface area contributed by atoms with Crippen LogP contribution in [0.25, 0.3) is 5.69 Å². The maximum absolute atomic E-state index is 12.7. The minimum Gasteiger partial charge on any atom is -0.497 e. The van der Waals surface area contributed by atoms with Gasteiger partial charge in [0.05, 0.1) is 18.8 Å². The van der Waals surface area contributed by atoms with Crippen molar-refractivity contribution >= 4 is 5.91 Å². The summed E-state index contributed by atoms with van der Waals surface area (Å²) in [5.41, 5.74) is 2.60. The highest BCUT2D eigenvalue weighted by molar-refractivity contribution is 5.94. The number of hydrogen-bond acceptors (Lipinski definition) is 6. The molecule has 1 aliphatic heterocycles. The first-order chi connectivity index (χ1) is 14.2. The largest absolute Gasteiger partial charge is 0.497 e. The van der Waals surface area contributed by atoms with Gasteiger partial charge >= 0.3 is 0 Å². The second-order valence-electron chi connectivity index (χ2n) is 7.04. The number of tetrazole rings is 1. The maximum atomic E-state index is 12.7. The van der Waals surface area contributed by atoms with Crippen molar-refractivity contribution in [2.45, 2.75) is 18.9 Å². The molecule has 0 radical (unpaired) electrons. The van der Waals surface area contributed by atoms with Crippen LogP contribution in [0, 0.1) is 0 Å². The van der Waals surface area contributed by atoms with E-state index in [-0.39, 0.29) is 11.9 Å². The molecule has 150 valence electrons. The van der Waals surface area contributed by atoms with Gasteiger partial charge in [-0.1, -0.05) is 12.1 Å². The second-order valence-corrected chi connectivity index (χ2v) is 7.04. The summed E-state index contributed by atoms with van der Waals surface area (Å²) >= 11 is 0. The van der Waals surface area contributed by atoms with Crippen LogP contribution in [0.5, 0.6) is 5.75 Å². The molecule has 0 saturated carbocycles. The number of ether oxygens (including phenoxy) is 1. The van der Waals surface area contributed by atoms with E-state index in [1.807, 2.05) is 24.3 Å². The Morgan fingerprint density at radius 3 is 2.45 bits per heavy atom. The van der Waals surface area contributed by atoms with E-state index in [2.05, 4.69) is 37.9 Å². The standard InChI is InChI=1S/C21H24N6O2/c1-29-19-10-6-16(7-11-19)20(26-12-2-3-13-26)14-22-21(28)17-4-8-18(9-5-17)27-15-23-24-25-27/h4-11,15,20H,2-3,12-14H2,1H3,(H,22,28)/t20-/m0/s1. The molecule has 0 spiro atoms. The lowest BCUT2D eigenvalue weighted by molar-refractivity contribution is 0.0938. The van der Waals surface area contributed by atoms with Gasteiger partial charge in [-0.25, -0.2) is 4.68 Å². The summed E-state index contributed by atoms with van der Waals surface area (Å²) in [4.78, 5) is 15.1. The molecule has 1 saturated heterocycles. The lowest BCUT2D eigenvalue weighted by Gasteiger charge is -2.28. The Balaban J connectivity index is 1.44. The minimum absolute atomic E-state index is 0.0917. The van der Waals surface area contributed by atoms with E-state index in [9.17, 15) is 4.79 Å². The highest BCUT2D eigenvalue weighted by Crippen LogP contribution is 2.26. The number of hydrogen-bond donors (Lipinski definition) is 1. The van der Waals surface area contributed by atoms with Gasteiger partial charge in [0.2, 0.25) is 0 Å². The molecule has 1 fully saturated rings. The van der Waals surface area contributed by atoms with Crippen molar-refractivity contribution in [3.05, 3.63) is 66.0 Å². The molecule has 2 heterocycles. The molecular weight excluding hydrogens is 368 g/mol. The van der Waals surface area contributed by atoms with Gasteiger partial charge in [0.25, 0.3) is 5.91 Å². The number of rotatable bonds is 7. The molecule has 1 amide bonds. The van der Waals surface area contributed by atoms with Crippen molar-refractivity contribution < 1.29 is 9.53 Å². The number of benzene rings is 2. The van der Waals surface area contributed by atoms with Gasteiger partial charge in [0.1, 0.15) is 12.1 Å². The molecule has 1 atom stereocenters. The quantitative estimate of drug-likeness (QED) is 0.664. The van der Waals surface area contributed by atoms with Crippen molar-refractivity contribution in [2.24, 2.45) is 0 Å². The Morgan fingerprint density at radius 2 is 1.83 bits per heavy atom. The van der Waals surface area contributed by atoms with Crippen LogP contribution in [0.15, 0.2) is 54.9 Å². The predicted octanol–water partition coefficient (Wildman–Crippen LogP) is 2.24. The number of nitrogens with zero attached hydrogens (tertiary/aromatic N) is 5. The van der Waals surface area contributed by atoms with E-state index in [0.717, 1.165) is 24.5 Å². The molecule has 0 unspecified atom stereocenters. The first kappa shape index (κ1) is 19.1. The Labute approximate surface area is 169 Å². The van der Waals surface area contributed by atoms with E-state index in [1.54, 1.807) is 23.9 Å². The van der Waals surface area contributed by atoms with Crippen LogP contribution in [0.2, 0.25) is 0 Å².